The maximum Gasteiger partial charge on any atom is 0.270 e. The molecule has 22 heavy (non-hydrogen) atoms. The minimum atomic E-state index is -0.760. The molecule has 0 radical (unpaired) electrons. The molecule has 0 saturated heterocycles. The quantitative estimate of drug-likeness (QED) is 0.797. The van der Waals surface area contributed by atoms with Crippen LogP contribution in [0.3, 0.4) is 0 Å². The number of carbonyl (C=O) groups is 1. The lowest BCUT2D eigenvalue weighted by molar-refractivity contribution is 0.0932. The Bertz CT molecular complexity index is 647. The fraction of sp³-hybridized carbons (Fsp3) is 0.214. The zero-order chi connectivity index (χ0) is 15.9. The van der Waals surface area contributed by atoms with Crippen LogP contribution in [-0.2, 0) is 4.74 Å². The van der Waals surface area contributed by atoms with Crippen molar-refractivity contribution >= 4 is 17.4 Å². The van der Waals surface area contributed by atoms with E-state index < -0.39 is 17.5 Å². The lowest BCUT2D eigenvalue weighted by Crippen LogP contribution is -2.27. The van der Waals surface area contributed by atoms with Crippen LogP contribution in [0.2, 0.25) is 0 Å². The summed E-state index contributed by atoms with van der Waals surface area (Å²) in [5.74, 6) is -1.85. The van der Waals surface area contributed by atoms with Crippen molar-refractivity contribution in [3.63, 3.8) is 0 Å². The highest BCUT2D eigenvalue weighted by Gasteiger charge is 2.12. The standard InChI is InChI=1S/C14H14F2N4O2/c1-22-6-5-17-14(21)11-7-12(19-8-18-11)20-13-9(15)3-2-4-10(13)16/h2-4,7-8H,5-6H2,1H3,(H,17,21)(H,18,19,20). The normalized spacial score (nSPS) is 10.3. The number of para-hydroxylation sites is 1. The summed E-state index contributed by atoms with van der Waals surface area (Å²) >= 11 is 0. The molecule has 8 heteroatoms. The molecule has 1 heterocycles. The Balaban J connectivity index is 2.13. The first-order valence-electron chi connectivity index (χ1n) is 6.42. The fourth-order valence-corrected chi connectivity index (χ4v) is 1.65. The summed E-state index contributed by atoms with van der Waals surface area (Å²) in [4.78, 5) is 19.5. The number of nitrogens with one attached hydrogen (secondary N) is 2. The van der Waals surface area contributed by atoms with Crippen molar-refractivity contribution in [1.82, 2.24) is 15.3 Å². The van der Waals surface area contributed by atoms with Gasteiger partial charge in [-0.3, -0.25) is 4.79 Å². The topological polar surface area (TPSA) is 76.1 Å². The van der Waals surface area contributed by atoms with E-state index in [4.69, 9.17) is 4.74 Å². The van der Waals surface area contributed by atoms with Gasteiger partial charge < -0.3 is 15.4 Å². The number of aromatic nitrogens is 2. The summed E-state index contributed by atoms with van der Waals surface area (Å²) < 4.78 is 31.9. The molecule has 0 fully saturated rings. The molecule has 0 aliphatic heterocycles. The van der Waals surface area contributed by atoms with Gasteiger partial charge in [-0.25, -0.2) is 18.7 Å². The molecule has 2 N–H and O–H groups in total. The average Bonchev–Trinajstić information content (AvgIpc) is 2.51. The summed E-state index contributed by atoms with van der Waals surface area (Å²) in [6, 6.07) is 4.79. The van der Waals surface area contributed by atoms with Crippen LogP contribution < -0.4 is 10.6 Å². The van der Waals surface area contributed by atoms with E-state index in [1.807, 2.05) is 0 Å². The second-order valence-electron chi connectivity index (χ2n) is 4.26. The van der Waals surface area contributed by atoms with Gasteiger partial charge >= 0.3 is 0 Å². The highest BCUT2D eigenvalue weighted by Crippen LogP contribution is 2.21. The smallest absolute Gasteiger partial charge is 0.270 e. The Morgan fingerprint density at radius 2 is 2.00 bits per heavy atom. The summed E-state index contributed by atoms with van der Waals surface area (Å²) in [5, 5.41) is 5.08. The minimum absolute atomic E-state index is 0.0744. The molecular formula is C14H14F2N4O2. The van der Waals surface area contributed by atoms with Crippen molar-refractivity contribution in [2.75, 3.05) is 25.6 Å². The molecule has 1 aromatic heterocycles. The predicted octanol–water partition coefficient (Wildman–Crippen LogP) is 1.87. The third kappa shape index (κ3) is 3.95. The number of hydrogen-bond donors (Lipinski definition) is 2. The van der Waals surface area contributed by atoms with Gasteiger partial charge in [0.25, 0.3) is 5.91 Å². The minimum Gasteiger partial charge on any atom is -0.383 e. The van der Waals surface area contributed by atoms with Gasteiger partial charge in [0.2, 0.25) is 0 Å². The van der Waals surface area contributed by atoms with Crippen molar-refractivity contribution in [3.8, 4) is 0 Å². The monoisotopic (exact) mass is 308 g/mol. The molecule has 1 aromatic carbocycles. The molecule has 0 spiro atoms. The van der Waals surface area contributed by atoms with Crippen molar-refractivity contribution < 1.29 is 18.3 Å². The third-order valence-corrected chi connectivity index (χ3v) is 2.71. The molecule has 116 valence electrons. The molecule has 0 unspecified atom stereocenters. The summed E-state index contributed by atoms with van der Waals surface area (Å²) in [6.07, 6.45) is 1.13. The van der Waals surface area contributed by atoms with E-state index in [1.54, 1.807) is 0 Å². The Morgan fingerprint density at radius 3 is 2.68 bits per heavy atom. The zero-order valence-electron chi connectivity index (χ0n) is 11.8. The molecule has 0 aliphatic carbocycles. The number of ether oxygens (including phenoxy) is 1. The highest BCUT2D eigenvalue weighted by molar-refractivity contribution is 5.92. The fourth-order valence-electron chi connectivity index (χ4n) is 1.65. The molecule has 0 aliphatic rings. The second kappa shape index (κ2) is 7.41. The van der Waals surface area contributed by atoms with Gasteiger partial charge in [-0.2, -0.15) is 0 Å². The first-order chi connectivity index (χ1) is 10.6. The molecule has 2 aromatic rings. The maximum absolute atomic E-state index is 13.6. The zero-order valence-corrected chi connectivity index (χ0v) is 11.8. The van der Waals surface area contributed by atoms with E-state index >= 15 is 0 Å². The van der Waals surface area contributed by atoms with Crippen LogP contribution in [0.25, 0.3) is 0 Å². The highest BCUT2D eigenvalue weighted by atomic mass is 19.1. The number of carbonyl (C=O) groups excluding carboxylic acids is 1. The Morgan fingerprint density at radius 1 is 1.27 bits per heavy atom. The molecule has 6 nitrogen and oxygen atoms in total. The van der Waals surface area contributed by atoms with Gasteiger partial charge in [0.05, 0.1) is 6.61 Å². The van der Waals surface area contributed by atoms with Gasteiger partial charge in [-0.1, -0.05) is 6.07 Å². The van der Waals surface area contributed by atoms with Crippen molar-refractivity contribution in [1.29, 1.82) is 0 Å². The van der Waals surface area contributed by atoms with E-state index in [0.29, 0.717) is 13.2 Å². The van der Waals surface area contributed by atoms with Crippen LogP contribution in [0.1, 0.15) is 10.5 Å². The molecule has 2 rings (SSSR count). The average molecular weight is 308 g/mol. The predicted molar refractivity (Wildman–Crippen MR) is 75.9 cm³/mol. The number of methoxy groups -OCH3 is 1. The van der Waals surface area contributed by atoms with Crippen molar-refractivity contribution in [2.45, 2.75) is 0 Å². The molecular weight excluding hydrogens is 294 g/mol. The van der Waals surface area contributed by atoms with E-state index in [2.05, 4.69) is 20.6 Å². The number of nitrogens with zero attached hydrogens (tertiary/aromatic N) is 2. The van der Waals surface area contributed by atoms with Crippen LogP contribution in [0.15, 0.2) is 30.6 Å². The Hall–Kier alpha value is -2.61. The number of amides is 1. The van der Waals surface area contributed by atoms with E-state index in [9.17, 15) is 13.6 Å². The number of rotatable bonds is 6. The van der Waals surface area contributed by atoms with Crippen molar-refractivity contribution in [2.24, 2.45) is 0 Å². The second-order valence-corrected chi connectivity index (χ2v) is 4.26. The summed E-state index contributed by atoms with van der Waals surface area (Å²) in [6.45, 7) is 0.687. The number of benzene rings is 1. The van der Waals surface area contributed by atoms with Crippen LogP contribution in [0, 0.1) is 11.6 Å². The Labute approximate surface area is 125 Å². The first-order valence-corrected chi connectivity index (χ1v) is 6.42. The van der Waals surface area contributed by atoms with Crippen LogP contribution in [0.4, 0.5) is 20.3 Å². The van der Waals surface area contributed by atoms with E-state index in [1.165, 1.54) is 19.2 Å². The molecule has 1 amide bonds. The van der Waals surface area contributed by atoms with Gasteiger partial charge in [0.15, 0.2) is 0 Å². The maximum atomic E-state index is 13.6. The number of halogens is 2. The largest absolute Gasteiger partial charge is 0.383 e. The van der Waals surface area contributed by atoms with Crippen LogP contribution >= 0.6 is 0 Å². The molecule has 0 atom stereocenters. The van der Waals surface area contributed by atoms with Crippen LogP contribution in [0.5, 0.6) is 0 Å². The van der Waals surface area contributed by atoms with Gasteiger partial charge in [0.1, 0.15) is 35.2 Å². The molecule has 0 saturated carbocycles. The Kier molecular flexibility index (Phi) is 5.31. The van der Waals surface area contributed by atoms with E-state index in [-0.39, 0.29) is 17.2 Å². The van der Waals surface area contributed by atoms with Gasteiger partial charge in [0, 0.05) is 19.7 Å². The lowest BCUT2D eigenvalue weighted by Gasteiger charge is -2.09. The van der Waals surface area contributed by atoms with E-state index in [0.717, 1.165) is 18.5 Å². The number of anilines is 2. The molecule has 0 bridgehead atoms. The van der Waals surface area contributed by atoms with Gasteiger partial charge in [-0.05, 0) is 12.1 Å². The van der Waals surface area contributed by atoms with Crippen molar-refractivity contribution in [3.05, 3.63) is 47.9 Å². The van der Waals surface area contributed by atoms with Crippen LogP contribution in [-0.4, -0.2) is 36.1 Å². The summed E-state index contributed by atoms with van der Waals surface area (Å²) in [5.41, 5.74) is -0.266. The first kappa shape index (κ1) is 15.8. The lowest BCUT2D eigenvalue weighted by atomic mass is 10.3. The summed E-state index contributed by atoms with van der Waals surface area (Å²) in [7, 11) is 1.52. The van der Waals surface area contributed by atoms with Gasteiger partial charge in [-0.15, -0.1) is 0 Å². The third-order valence-electron chi connectivity index (χ3n) is 2.71. The number of hydrogen-bond acceptors (Lipinski definition) is 5. The SMILES string of the molecule is COCCNC(=O)c1cc(Nc2c(F)cccc2F)ncn1.